The van der Waals surface area contributed by atoms with Crippen LogP contribution in [0.2, 0.25) is 0 Å². The minimum absolute atomic E-state index is 0.307. The van der Waals surface area contributed by atoms with E-state index < -0.39 is 0 Å². The third-order valence-electron chi connectivity index (χ3n) is 5.94. The van der Waals surface area contributed by atoms with Gasteiger partial charge in [0.15, 0.2) is 0 Å². The van der Waals surface area contributed by atoms with Crippen LogP contribution in [0.4, 0.5) is 0 Å². The fraction of sp³-hybridized carbons (Fsp3) is 0.400. The summed E-state index contributed by atoms with van der Waals surface area (Å²) in [4.78, 5) is 3.42. The van der Waals surface area contributed by atoms with Crippen LogP contribution in [0.15, 0.2) is 83.8 Å². The van der Waals surface area contributed by atoms with E-state index in [1.165, 1.54) is 12.8 Å². The molecule has 0 aliphatic carbocycles. The van der Waals surface area contributed by atoms with Gasteiger partial charge in [0.25, 0.3) is 0 Å². The maximum absolute atomic E-state index is 9.12. The van der Waals surface area contributed by atoms with E-state index in [-0.39, 0.29) is 0 Å². The number of phenolic OH excluding ortho intramolecular Hbond substituents is 2. The summed E-state index contributed by atoms with van der Waals surface area (Å²) in [7, 11) is 2.18. The highest BCUT2D eigenvalue weighted by Gasteiger charge is 2.11. The van der Waals surface area contributed by atoms with Crippen LogP contribution in [0.3, 0.4) is 0 Å². The summed E-state index contributed by atoms with van der Waals surface area (Å²) in [6, 6.07) is 24.4. The number of para-hydroxylation sites is 2. The highest BCUT2D eigenvalue weighted by Crippen LogP contribution is 2.35. The van der Waals surface area contributed by atoms with Crippen LogP contribution < -0.4 is 9.47 Å². The Morgan fingerprint density at radius 2 is 1.61 bits per heavy atom. The Bertz CT molecular complexity index is 971. The van der Waals surface area contributed by atoms with Crippen LogP contribution >= 0.6 is 11.8 Å². The molecule has 2 atom stereocenters. The number of hydrogen-bond donors (Lipinski definition) is 2. The van der Waals surface area contributed by atoms with Gasteiger partial charge < -0.3 is 24.6 Å². The molecule has 0 saturated carbocycles. The second-order valence-electron chi connectivity index (χ2n) is 8.92. The Labute approximate surface area is 221 Å². The number of ether oxygens (including phenoxy) is 2. The van der Waals surface area contributed by atoms with Crippen molar-refractivity contribution in [2.24, 2.45) is 5.92 Å². The molecule has 6 heteroatoms. The Balaban J connectivity index is 0.000000212. The summed E-state index contributed by atoms with van der Waals surface area (Å²) < 4.78 is 11.1. The molecule has 3 aromatic carbocycles. The van der Waals surface area contributed by atoms with Gasteiger partial charge in [0.2, 0.25) is 0 Å². The number of nitrogens with zero attached hydrogens (tertiary/aromatic N) is 1. The van der Waals surface area contributed by atoms with Crippen molar-refractivity contribution in [1.82, 2.24) is 4.90 Å². The third kappa shape index (κ3) is 11.7. The highest BCUT2D eigenvalue weighted by atomic mass is 32.2. The molecule has 0 aromatic heterocycles. The lowest BCUT2D eigenvalue weighted by Gasteiger charge is -2.25. The standard InChI is InChI=1S/C16H27NO.C8H8O2S.C6H6O/c1-5-14(2)11-12-17(4)15(3)13-18-16-9-7-6-8-10-16;9-6-1-2-7-8(5-6)11-4-3-10-7;7-6-4-2-1-3-5-6/h6-10,14-15H,5,11-13H2,1-4H3;1-2,5,9H,3-4H2;1-5,7H/t14-,15+;;/m1../s1. The predicted octanol–water partition coefficient (Wildman–Crippen LogP) is 7.09. The van der Waals surface area contributed by atoms with Gasteiger partial charge in [-0.25, -0.2) is 0 Å². The van der Waals surface area contributed by atoms with E-state index in [0.717, 1.165) is 47.8 Å². The maximum atomic E-state index is 9.12. The first-order chi connectivity index (χ1) is 17.4. The summed E-state index contributed by atoms with van der Waals surface area (Å²) >= 11 is 1.72. The summed E-state index contributed by atoms with van der Waals surface area (Å²) in [6.45, 7) is 9.46. The first-order valence-corrected chi connectivity index (χ1v) is 13.6. The van der Waals surface area contributed by atoms with Crippen LogP contribution in [-0.2, 0) is 0 Å². The molecule has 1 aliphatic heterocycles. The SMILES string of the molecule is CC[C@@H](C)CCN(C)[C@@H](C)COc1ccccc1.Oc1ccc2c(c1)SCCO2.Oc1ccccc1. The van der Waals surface area contributed by atoms with Gasteiger partial charge in [-0.2, -0.15) is 0 Å². The molecule has 3 aromatic rings. The van der Waals surface area contributed by atoms with Gasteiger partial charge >= 0.3 is 0 Å². The van der Waals surface area contributed by atoms with E-state index in [1.807, 2.05) is 36.4 Å². The average molecular weight is 512 g/mol. The van der Waals surface area contributed by atoms with Gasteiger partial charge in [0.1, 0.15) is 29.6 Å². The molecule has 0 saturated heterocycles. The summed E-state index contributed by atoms with van der Waals surface area (Å²) in [5.41, 5.74) is 0. The second-order valence-corrected chi connectivity index (χ2v) is 10.1. The lowest BCUT2D eigenvalue weighted by atomic mass is 10.0. The second kappa shape index (κ2) is 16.8. The lowest BCUT2D eigenvalue weighted by molar-refractivity contribution is 0.166. The molecule has 1 aliphatic rings. The molecular formula is C30H41NO4S. The quantitative estimate of drug-likeness (QED) is 0.337. The average Bonchev–Trinajstić information content (AvgIpc) is 2.91. The van der Waals surface area contributed by atoms with E-state index in [1.54, 1.807) is 54.2 Å². The topological polar surface area (TPSA) is 62.2 Å². The van der Waals surface area contributed by atoms with Gasteiger partial charge in [0.05, 0.1) is 11.5 Å². The van der Waals surface area contributed by atoms with Crippen LogP contribution in [0.5, 0.6) is 23.0 Å². The van der Waals surface area contributed by atoms with Gasteiger partial charge in [-0.15, -0.1) is 11.8 Å². The number of hydrogen-bond acceptors (Lipinski definition) is 6. The van der Waals surface area contributed by atoms with Crippen molar-refractivity contribution >= 4 is 11.8 Å². The van der Waals surface area contributed by atoms with Crippen LogP contribution in [-0.4, -0.2) is 53.7 Å². The first-order valence-electron chi connectivity index (χ1n) is 12.6. The van der Waals surface area contributed by atoms with Gasteiger partial charge in [0, 0.05) is 11.8 Å². The zero-order valence-electron chi connectivity index (χ0n) is 22.0. The number of phenols is 2. The van der Waals surface area contributed by atoms with Crippen molar-refractivity contribution < 1.29 is 19.7 Å². The molecule has 196 valence electrons. The molecule has 4 rings (SSSR count). The summed E-state index contributed by atoms with van der Waals surface area (Å²) in [6.07, 6.45) is 2.53. The molecule has 0 radical (unpaired) electrons. The number of aromatic hydroxyl groups is 2. The minimum Gasteiger partial charge on any atom is -0.508 e. The zero-order chi connectivity index (χ0) is 26.2. The van der Waals surface area contributed by atoms with Crippen molar-refractivity contribution in [1.29, 1.82) is 0 Å². The van der Waals surface area contributed by atoms with Gasteiger partial charge in [-0.3, -0.25) is 0 Å². The zero-order valence-corrected chi connectivity index (χ0v) is 22.8. The number of fused-ring (bicyclic) bond motifs is 1. The van der Waals surface area contributed by atoms with Crippen molar-refractivity contribution in [2.75, 3.05) is 32.6 Å². The van der Waals surface area contributed by atoms with E-state index >= 15 is 0 Å². The van der Waals surface area contributed by atoms with Crippen molar-refractivity contribution in [3.63, 3.8) is 0 Å². The molecule has 36 heavy (non-hydrogen) atoms. The monoisotopic (exact) mass is 511 g/mol. The van der Waals surface area contributed by atoms with Crippen LogP contribution in [0.25, 0.3) is 0 Å². The van der Waals surface area contributed by atoms with Gasteiger partial charge in [-0.05, 0) is 75.3 Å². The lowest BCUT2D eigenvalue weighted by Crippen LogP contribution is -2.35. The van der Waals surface area contributed by atoms with Gasteiger partial charge in [-0.1, -0.05) is 56.7 Å². The fourth-order valence-corrected chi connectivity index (χ4v) is 4.03. The summed E-state index contributed by atoms with van der Waals surface area (Å²) in [5, 5.41) is 17.8. The maximum Gasteiger partial charge on any atom is 0.133 e. The molecule has 1 heterocycles. The smallest absolute Gasteiger partial charge is 0.133 e. The number of rotatable bonds is 8. The van der Waals surface area contributed by atoms with Crippen LogP contribution in [0, 0.1) is 5.92 Å². The fourth-order valence-electron chi connectivity index (χ4n) is 3.17. The number of benzene rings is 3. The number of likely N-dealkylation sites (N-methyl/N-ethyl adjacent to an activating group) is 1. The van der Waals surface area contributed by atoms with E-state index in [0.29, 0.717) is 17.5 Å². The molecule has 0 unspecified atom stereocenters. The third-order valence-corrected chi connectivity index (χ3v) is 6.94. The largest absolute Gasteiger partial charge is 0.508 e. The summed E-state index contributed by atoms with van der Waals surface area (Å²) in [5.74, 6) is 4.26. The Morgan fingerprint density at radius 3 is 2.22 bits per heavy atom. The Hall–Kier alpha value is -2.83. The molecule has 0 bridgehead atoms. The molecule has 0 fully saturated rings. The Morgan fingerprint density at radius 1 is 0.944 bits per heavy atom. The molecular weight excluding hydrogens is 470 g/mol. The van der Waals surface area contributed by atoms with E-state index in [2.05, 4.69) is 32.7 Å². The van der Waals surface area contributed by atoms with E-state index in [4.69, 9.17) is 19.7 Å². The molecule has 0 amide bonds. The van der Waals surface area contributed by atoms with Crippen molar-refractivity contribution in [2.45, 2.75) is 44.6 Å². The van der Waals surface area contributed by atoms with Crippen molar-refractivity contribution in [3.8, 4) is 23.0 Å². The van der Waals surface area contributed by atoms with E-state index in [9.17, 15) is 0 Å². The number of thioether (sulfide) groups is 1. The Kier molecular flexibility index (Phi) is 13.7. The molecule has 0 spiro atoms. The highest BCUT2D eigenvalue weighted by molar-refractivity contribution is 7.99. The molecule has 5 nitrogen and oxygen atoms in total. The minimum atomic E-state index is 0.307. The predicted molar refractivity (Wildman–Crippen MR) is 151 cm³/mol. The van der Waals surface area contributed by atoms with Crippen molar-refractivity contribution in [3.05, 3.63) is 78.9 Å². The van der Waals surface area contributed by atoms with Crippen LogP contribution in [0.1, 0.15) is 33.6 Å². The normalized spacial score (nSPS) is 13.6. The molecule has 2 N–H and O–H groups in total. The first kappa shape index (κ1) is 29.4.